The molecule has 2 saturated carbocycles. The second-order valence-corrected chi connectivity index (χ2v) is 11.7. The standard InChI is InChI=1S/C25H42N6O2/c1-30(25(10-11-25)21-8-4-5-12-26-21)24(33)22-17-15-31(13-9-19(17)28-29-22)23(32)20-14-16-6-2-3-7-18(16)27-20/h16-22,26-29H,2-15H2,1H3. The van der Waals surface area contributed by atoms with Gasteiger partial charge in [0.05, 0.1) is 11.6 Å². The lowest BCUT2D eigenvalue weighted by atomic mass is 9.84. The molecule has 0 aromatic heterocycles. The van der Waals surface area contributed by atoms with Crippen LogP contribution in [0.3, 0.4) is 0 Å². The van der Waals surface area contributed by atoms with Crippen molar-refractivity contribution >= 4 is 11.8 Å². The molecule has 8 heteroatoms. The van der Waals surface area contributed by atoms with Crippen LogP contribution in [-0.2, 0) is 9.59 Å². The fourth-order valence-corrected chi connectivity index (χ4v) is 7.76. The molecule has 7 atom stereocenters. The van der Waals surface area contributed by atoms with Crippen molar-refractivity contribution in [2.45, 2.75) is 106 Å². The van der Waals surface area contributed by atoms with Gasteiger partial charge in [0.1, 0.15) is 6.04 Å². The lowest BCUT2D eigenvalue weighted by Crippen LogP contribution is -2.59. The largest absolute Gasteiger partial charge is 0.341 e. The summed E-state index contributed by atoms with van der Waals surface area (Å²) >= 11 is 0. The number of hydrogen-bond acceptors (Lipinski definition) is 6. The first-order chi connectivity index (χ1) is 16.1. The molecular formula is C25H42N6O2. The highest BCUT2D eigenvalue weighted by atomic mass is 16.2. The molecule has 33 heavy (non-hydrogen) atoms. The Hall–Kier alpha value is -1.22. The van der Waals surface area contributed by atoms with E-state index in [1.807, 2.05) is 7.05 Å². The van der Waals surface area contributed by atoms with Crippen molar-refractivity contribution in [3.05, 3.63) is 0 Å². The van der Waals surface area contributed by atoms with Crippen molar-refractivity contribution in [2.75, 3.05) is 26.7 Å². The summed E-state index contributed by atoms with van der Waals surface area (Å²) in [5.41, 5.74) is 6.73. The number of likely N-dealkylation sites (tertiary alicyclic amines) is 1. The Kier molecular flexibility index (Phi) is 5.92. The number of carbonyl (C=O) groups excluding carboxylic acids is 2. The van der Waals surface area contributed by atoms with Gasteiger partial charge in [0.2, 0.25) is 11.8 Å². The van der Waals surface area contributed by atoms with E-state index >= 15 is 0 Å². The summed E-state index contributed by atoms with van der Waals surface area (Å²) in [5.74, 6) is 1.26. The number of piperidine rings is 2. The normalized spacial score (nSPS) is 41.8. The first-order valence-electron chi connectivity index (χ1n) is 13.6. The molecule has 2 aliphatic carbocycles. The molecule has 0 bridgehead atoms. The van der Waals surface area contributed by atoms with Gasteiger partial charge in [-0.05, 0) is 63.8 Å². The summed E-state index contributed by atoms with van der Waals surface area (Å²) in [5, 5.41) is 7.35. The van der Waals surface area contributed by atoms with Gasteiger partial charge in [-0.3, -0.25) is 15.0 Å². The Morgan fingerprint density at radius 1 is 0.970 bits per heavy atom. The van der Waals surface area contributed by atoms with E-state index in [1.165, 1.54) is 44.9 Å². The lowest BCUT2D eigenvalue weighted by Gasteiger charge is -2.41. The van der Waals surface area contributed by atoms with E-state index in [4.69, 9.17) is 0 Å². The molecule has 8 nitrogen and oxygen atoms in total. The molecule has 4 saturated heterocycles. The summed E-state index contributed by atoms with van der Waals surface area (Å²) in [4.78, 5) is 31.3. The van der Waals surface area contributed by atoms with Gasteiger partial charge in [-0.15, -0.1) is 0 Å². The third-order valence-corrected chi connectivity index (χ3v) is 9.97. The van der Waals surface area contributed by atoms with Crippen LogP contribution in [-0.4, -0.2) is 84.0 Å². The average Bonchev–Trinajstić information content (AvgIpc) is 3.38. The number of rotatable bonds is 4. The minimum absolute atomic E-state index is 0.00843. The van der Waals surface area contributed by atoms with Crippen LogP contribution in [0.25, 0.3) is 0 Å². The second-order valence-electron chi connectivity index (χ2n) is 11.7. The van der Waals surface area contributed by atoms with Crippen molar-refractivity contribution in [2.24, 2.45) is 11.8 Å². The molecule has 4 N–H and O–H groups in total. The first-order valence-corrected chi connectivity index (χ1v) is 13.6. The fraction of sp³-hybridized carbons (Fsp3) is 0.920. The predicted molar refractivity (Wildman–Crippen MR) is 126 cm³/mol. The van der Waals surface area contributed by atoms with Gasteiger partial charge in [-0.25, -0.2) is 5.43 Å². The Bertz CT molecular complexity index is 752. The SMILES string of the molecule is CN(C(=O)C1NNC2CCN(C(=O)C3CC4CCCCC4N3)CC21)C1(C2CCCCN2)CC1. The van der Waals surface area contributed by atoms with Crippen molar-refractivity contribution < 1.29 is 9.59 Å². The van der Waals surface area contributed by atoms with E-state index < -0.39 is 0 Å². The Balaban J connectivity index is 1.11. The van der Waals surface area contributed by atoms with E-state index in [2.05, 4.69) is 31.3 Å². The summed E-state index contributed by atoms with van der Waals surface area (Å²) in [6, 6.07) is 0.938. The van der Waals surface area contributed by atoms with E-state index in [1.54, 1.807) is 0 Å². The molecule has 0 spiro atoms. The highest BCUT2D eigenvalue weighted by Gasteiger charge is 2.56. The average molecular weight is 459 g/mol. The number of likely N-dealkylation sites (N-methyl/N-ethyl adjacent to an activating group) is 1. The van der Waals surface area contributed by atoms with Gasteiger partial charge in [-0.2, -0.15) is 0 Å². The smallest absolute Gasteiger partial charge is 0.241 e. The van der Waals surface area contributed by atoms with Crippen LogP contribution in [0.5, 0.6) is 0 Å². The second kappa shape index (κ2) is 8.77. The predicted octanol–water partition coefficient (Wildman–Crippen LogP) is 0.734. The highest BCUT2D eigenvalue weighted by Crippen LogP contribution is 2.47. The van der Waals surface area contributed by atoms with Crippen molar-refractivity contribution in [3.63, 3.8) is 0 Å². The van der Waals surface area contributed by atoms with Crippen LogP contribution in [0.15, 0.2) is 0 Å². The molecule has 6 rings (SSSR count). The summed E-state index contributed by atoms with van der Waals surface area (Å²) in [6.45, 7) is 2.53. The van der Waals surface area contributed by atoms with Crippen molar-refractivity contribution in [3.8, 4) is 0 Å². The summed E-state index contributed by atoms with van der Waals surface area (Å²) < 4.78 is 0. The maximum absolute atomic E-state index is 13.7. The number of hydrazine groups is 1. The zero-order chi connectivity index (χ0) is 22.6. The summed E-state index contributed by atoms with van der Waals surface area (Å²) in [6.07, 6.45) is 12.8. The van der Waals surface area contributed by atoms with E-state index in [0.717, 1.165) is 38.8 Å². The van der Waals surface area contributed by atoms with E-state index in [-0.39, 0.29) is 41.4 Å². The Labute approximate surface area is 197 Å². The van der Waals surface area contributed by atoms with Crippen molar-refractivity contribution in [1.29, 1.82) is 0 Å². The van der Waals surface area contributed by atoms with Crippen LogP contribution in [0, 0.1) is 11.8 Å². The fourth-order valence-electron chi connectivity index (χ4n) is 7.76. The van der Waals surface area contributed by atoms with Crippen LogP contribution in [0.2, 0.25) is 0 Å². The lowest BCUT2D eigenvalue weighted by molar-refractivity contribution is -0.140. The van der Waals surface area contributed by atoms with Gasteiger partial charge < -0.3 is 20.4 Å². The molecule has 7 unspecified atom stereocenters. The van der Waals surface area contributed by atoms with Crippen LogP contribution < -0.4 is 21.5 Å². The van der Waals surface area contributed by atoms with Crippen LogP contribution in [0.4, 0.5) is 0 Å². The number of hydrogen-bond donors (Lipinski definition) is 4. The number of amides is 2. The Morgan fingerprint density at radius 2 is 1.79 bits per heavy atom. The molecule has 184 valence electrons. The maximum Gasteiger partial charge on any atom is 0.241 e. The molecule has 2 amide bonds. The molecule has 4 aliphatic heterocycles. The quantitative estimate of drug-likeness (QED) is 0.497. The zero-order valence-electron chi connectivity index (χ0n) is 20.2. The number of carbonyl (C=O) groups is 2. The number of nitrogens with zero attached hydrogens (tertiary/aromatic N) is 2. The zero-order valence-corrected chi connectivity index (χ0v) is 20.2. The maximum atomic E-state index is 13.7. The van der Waals surface area contributed by atoms with E-state index in [9.17, 15) is 9.59 Å². The molecule has 6 aliphatic rings. The van der Waals surface area contributed by atoms with Crippen LogP contribution in [0.1, 0.15) is 70.6 Å². The van der Waals surface area contributed by atoms with Crippen LogP contribution >= 0.6 is 0 Å². The monoisotopic (exact) mass is 458 g/mol. The molecule has 0 aromatic carbocycles. The molecular weight excluding hydrogens is 416 g/mol. The van der Waals surface area contributed by atoms with Gasteiger partial charge >= 0.3 is 0 Å². The first kappa shape index (κ1) is 22.3. The summed E-state index contributed by atoms with van der Waals surface area (Å²) in [7, 11) is 2.01. The highest BCUT2D eigenvalue weighted by molar-refractivity contribution is 5.85. The Morgan fingerprint density at radius 3 is 2.55 bits per heavy atom. The van der Waals surface area contributed by atoms with E-state index in [0.29, 0.717) is 24.5 Å². The van der Waals surface area contributed by atoms with Crippen molar-refractivity contribution in [1.82, 2.24) is 31.3 Å². The minimum Gasteiger partial charge on any atom is -0.341 e. The third kappa shape index (κ3) is 3.91. The number of fused-ring (bicyclic) bond motifs is 2. The van der Waals surface area contributed by atoms with Gasteiger partial charge in [0, 0.05) is 44.2 Å². The molecule has 6 fully saturated rings. The topological polar surface area (TPSA) is 88.7 Å². The van der Waals surface area contributed by atoms with Gasteiger partial charge in [0.15, 0.2) is 0 Å². The third-order valence-electron chi connectivity index (χ3n) is 9.97. The molecule has 0 radical (unpaired) electrons. The molecule has 0 aromatic rings. The minimum atomic E-state index is -0.254. The van der Waals surface area contributed by atoms with Gasteiger partial charge in [-0.1, -0.05) is 19.3 Å². The van der Waals surface area contributed by atoms with Gasteiger partial charge in [0.25, 0.3) is 0 Å². The molecule has 4 heterocycles. The number of nitrogens with one attached hydrogen (secondary N) is 4.